The molecule has 156 valence electrons. The zero-order valence-electron chi connectivity index (χ0n) is 17.9. The van der Waals surface area contributed by atoms with Crippen LogP contribution >= 0.6 is 0 Å². The van der Waals surface area contributed by atoms with Crippen molar-refractivity contribution in [1.82, 2.24) is 10.2 Å². The van der Waals surface area contributed by atoms with E-state index in [4.69, 9.17) is 4.74 Å². The minimum Gasteiger partial charge on any atom is -0.444 e. The van der Waals surface area contributed by atoms with Crippen molar-refractivity contribution in [2.75, 3.05) is 13.1 Å². The Balaban J connectivity index is 1.94. The van der Waals surface area contributed by atoms with E-state index in [1.807, 2.05) is 64.1 Å². The summed E-state index contributed by atoms with van der Waals surface area (Å²) < 4.78 is 5.49. The van der Waals surface area contributed by atoms with Crippen molar-refractivity contribution in [3.05, 3.63) is 72.0 Å². The molecule has 2 rings (SSSR count). The molecule has 0 aromatic heterocycles. The van der Waals surface area contributed by atoms with Crippen molar-refractivity contribution in [1.29, 1.82) is 0 Å². The van der Waals surface area contributed by atoms with E-state index in [1.54, 1.807) is 17.0 Å². The van der Waals surface area contributed by atoms with Crippen molar-refractivity contribution in [2.45, 2.75) is 46.1 Å². The summed E-state index contributed by atoms with van der Waals surface area (Å²) in [7, 11) is 0. The van der Waals surface area contributed by atoms with E-state index in [1.165, 1.54) is 0 Å². The van der Waals surface area contributed by atoms with Crippen molar-refractivity contribution in [2.24, 2.45) is 5.92 Å². The van der Waals surface area contributed by atoms with Gasteiger partial charge in [-0.05, 0) is 58.7 Å². The van der Waals surface area contributed by atoms with E-state index in [0.29, 0.717) is 24.4 Å². The van der Waals surface area contributed by atoms with Gasteiger partial charge in [0.15, 0.2) is 0 Å². The molecule has 1 aliphatic heterocycles. The molecule has 0 radical (unpaired) electrons. The lowest BCUT2D eigenvalue weighted by Gasteiger charge is -2.34. The second kappa shape index (κ2) is 10.1. The highest BCUT2D eigenvalue weighted by Gasteiger charge is 2.28. The maximum absolute atomic E-state index is 12.3. The molecule has 1 fully saturated rings. The smallest absolute Gasteiger partial charge is 0.410 e. The predicted octanol–water partition coefficient (Wildman–Crippen LogP) is 5.08. The van der Waals surface area contributed by atoms with Crippen LogP contribution in [0, 0.1) is 5.92 Å². The number of piperidine rings is 1. The number of carbonyl (C=O) groups is 2. The Labute approximate surface area is 174 Å². The van der Waals surface area contributed by atoms with Crippen molar-refractivity contribution >= 4 is 12.0 Å². The average molecular weight is 397 g/mol. The Hall–Kier alpha value is -2.82. The van der Waals surface area contributed by atoms with Gasteiger partial charge in [0.05, 0.1) is 0 Å². The molecule has 1 N–H and O–H groups in total. The van der Waals surface area contributed by atoms with Crippen LogP contribution in [0.2, 0.25) is 0 Å². The molecule has 5 heteroatoms. The lowest BCUT2D eigenvalue weighted by molar-refractivity contribution is 0.0184. The Bertz CT molecular complexity index is 788. The first-order valence-corrected chi connectivity index (χ1v) is 10.1. The molecule has 1 heterocycles. The summed E-state index contributed by atoms with van der Waals surface area (Å²) in [5, 5.41) is 2.90. The van der Waals surface area contributed by atoms with Crippen LogP contribution in [0.25, 0.3) is 0 Å². The first-order valence-electron chi connectivity index (χ1n) is 10.1. The molecule has 5 nitrogen and oxygen atoms in total. The molecule has 0 bridgehead atoms. The van der Waals surface area contributed by atoms with Gasteiger partial charge in [0.1, 0.15) is 5.60 Å². The minimum absolute atomic E-state index is 0.150. The van der Waals surface area contributed by atoms with Gasteiger partial charge >= 0.3 is 6.09 Å². The second-order valence-electron chi connectivity index (χ2n) is 8.24. The summed E-state index contributed by atoms with van der Waals surface area (Å²) in [4.78, 5) is 26.4. The van der Waals surface area contributed by atoms with Crippen LogP contribution in [0.5, 0.6) is 0 Å². The molecule has 1 aromatic carbocycles. The molecule has 0 saturated carbocycles. The van der Waals surface area contributed by atoms with Gasteiger partial charge in [-0.3, -0.25) is 4.79 Å². The standard InChI is InChI=1S/C24H32N2O3/c1-6-21(25-22(27)19-11-8-7-9-12-19)15-14-18(2)20-13-10-16-26(17-20)23(28)29-24(3,4)5/h6-9,11-12,14-15,20H,2,10,13,16-17H2,1,3-5H3,(H,25,27)/b15-14-,21-6+/t20-/m1/s1. The Kier molecular flexibility index (Phi) is 7.82. The molecule has 1 aromatic rings. The fourth-order valence-corrected chi connectivity index (χ4v) is 3.11. The summed E-state index contributed by atoms with van der Waals surface area (Å²) in [5.74, 6) is 0.0261. The van der Waals surface area contributed by atoms with E-state index in [2.05, 4.69) is 11.9 Å². The summed E-state index contributed by atoms with van der Waals surface area (Å²) in [6.07, 6.45) is 7.24. The number of nitrogens with zero attached hydrogens (tertiary/aromatic N) is 1. The number of ether oxygens (including phenoxy) is 1. The zero-order chi connectivity index (χ0) is 21.4. The lowest BCUT2D eigenvalue weighted by atomic mass is 9.91. The molecule has 0 aliphatic carbocycles. The lowest BCUT2D eigenvalue weighted by Crippen LogP contribution is -2.43. The molecule has 0 unspecified atom stereocenters. The van der Waals surface area contributed by atoms with Crippen LogP contribution in [-0.2, 0) is 4.74 Å². The van der Waals surface area contributed by atoms with Crippen LogP contribution in [0.4, 0.5) is 4.79 Å². The molecule has 29 heavy (non-hydrogen) atoms. The second-order valence-corrected chi connectivity index (χ2v) is 8.24. The number of rotatable bonds is 5. The van der Waals surface area contributed by atoms with E-state index < -0.39 is 5.60 Å². The molecule has 1 aliphatic rings. The number of carbonyl (C=O) groups excluding carboxylic acids is 2. The molecule has 2 amide bonds. The SMILES string of the molecule is C=C(/C=C\C(=C/C)NC(=O)c1ccccc1)[C@@H]1CCCN(C(=O)OC(C)(C)C)C1. The molecule has 1 atom stereocenters. The zero-order valence-corrected chi connectivity index (χ0v) is 17.9. The number of hydrogen-bond donors (Lipinski definition) is 1. The third kappa shape index (κ3) is 7.26. The largest absolute Gasteiger partial charge is 0.444 e. The van der Waals surface area contributed by atoms with Gasteiger partial charge in [0.2, 0.25) is 0 Å². The van der Waals surface area contributed by atoms with Crippen molar-refractivity contribution in [3.63, 3.8) is 0 Å². The Morgan fingerprint density at radius 2 is 1.90 bits per heavy atom. The molecule has 0 spiro atoms. The summed E-state index contributed by atoms with van der Waals surface area (Å²) >= 11 is 0. The van der Waals surface area contributed by atoms with Crippen LogP contribution in [0.3, 0.4) is 0 Å². The van der Waals surface area contributed by atoms with Gasteiger partial charge in [-0.2, -0.15) is 0 Å². The fourth-order valence-electron chi connectivity index (χ4n) is 3.11. The third-order valence-electron chi connectivity index (χ3n) is 4.68. The maximum atomic E-state index is 12.3. The summed E-state index contributed by atoms with van der Waals surface area (Å²) in [6, 6.07) is 9.10. The number of nitrogens with one attached hydrogen (secondary N) is 1. The average Bonchev–Trinajstić information content (AvgIpc) is 2.70. The summed E-state index contributed by atoms with van der Waals surface area (Å²) in [5.41, 5.74) is 1.75. The number of benzene rings is 1. The van der Waals surface area contributed by atoms with Gasteiger partial charge < -0.3 is 15.0 Å². The minimum atomic E-state index is -0.501. The van der Waals surface area contributed by atoms with Gasteiger partial charge in [-0.1, -0.05) is 42.5 Å². The number of likely N-dealkylation sites (tertiary alicyclic amines) is 1. The highest BCUT2D eigenvalue weighted by Crippen LogP contribution is 2.25. The molecular formula is C24H32N2O3. The number of amides is 2. The van der Waals surface area contributed by atoms with E-state index in [9.17, 15) is 9.59 Å². The van der Waals surface area contributed by atoms with E-state index >= 15 is 0 Å². The highest BCUT2D eigenvalue weighted by atomic mass is 16.6. The predicted molar refractivity (Wildman–Crippen MR) is 116 cm³/mol. The van der Waals surface area contributed by atoms with Gasteiger partial charge in [0.25, 0.3) is 5.91 Å². The third-order valence-corrected chi connectivity index (χ3v) is 4.68. The maximum Gasteiger partial charge on any atom is 0.410 e. The molecule has 1 saturated heterocycles. The number of allylic oxidation sites excluding steroid dienone is 3. The first-order chi connectivity index (χ1) is 13.7. The van der Waals surface area contributed by atoms with E-state index in [0.717, 1.165) is 18.4 Å². The van der Waals surface area contributed by atoms with Crippen LogP contribution in [-0.4, -0.2) is 35.6 Å². The topological polar surface area (TPSA) is 58.6 Å². The molecular weight excluding hydrogens is 364 g/mol. The van der Waals surface area contributed by atoms with Gasteiger partial charge in [-0.25, -0.2) is 4.79 Å². The Morgan fingerprint density at radius 3 is 2.52 bits per heavy atom. The van der Waals surface area contributed by atoms with E-state index in [-0.39, 0.29) is 17.9 Å². The van der Waals surface area contributed by atoms with Crippen molar-refractivity contribution in [3.8, 4) is 0 Å². The normalized spacial score (nSPS) is 17.9. The highest BCUT2D eigenvalue weighted by molar-refractivity contribution is 5.95. The summed E-state index contributed by atoms with van der Waals surface area (Å²) in [6.45, 7) is 13.0. The number of hydrogen-bond acceptors (Lipinski definition) is 3. The van der Waals surface area contributed by atoms with Gasteiger partial charge in [0, 0.05) is 30.3 Å². The van der Waals surface area contributed by atoms with Crippen LogP contribution in [0.1, 0.15) is 50.9 Å². The van der Waals surface area contributed by atoms with Crippen molar-refractivity contribution < 1.29 is 14.3 Å². The monoisotopic (exact) mass is 396 g/mol. The van der Waals surface area contributed by atoms with Gasteiger partial charge in [-0.15, -0.1) is 0 Å². The van der Waals surface area contributed by atoms with Crippen LogP contribution in [0.15, 0.2) is 66.4 Å². The fraction of sp³-hybridized carbons (Fsp3) is 0.417. The quantitative estimate of drug-likeness (QED) is 0.706. The van der Waals surface area contributed by atoms with Crippen LogP contribution < -0.4 is 5.32 Å². The Morgan fingerprint density at radius 1 is 1.21 bits per heavy atom. The first kappa shape index (κ1) is 22.5.